The van der Waals surface area contributed by atoms with Crippen molar-refractivity contribution in [2.24, 2.45) is 0 Å². The topological polar surface area (TPSA) is 88.2 Å². The van der Waals surface area contributed by atoms with Gasteiger partial charge in [0.2, 0.25) is 0 Å². The molecule has 0 aromatic carbocycles. The predicted molar refractivity (Wildman–Crippen MR) is 68.6 cm³/mol. The summed E-state index contributed by atoms with van der Waals surface area (Å²) in [6, 6.07) is 0. The third-order valence-corrected chi connectivity index (χ3v) is 3.09. The van der Waals surface area contributed by atoms with E-state index in [9.17, 15) is 9.90 Å². The number of hydrogen-bond acceptors (Lipinski definition) is 5. The molecule has 0 fully saturated rings. The van der Waals surface area contributed by atoms with Gasteiger partial charge in [-0.15, -0.1) is 10.2 Å². The molecule has 0 aliphatic heterocycles. The Labute approximate surface area is 110 Å². The Kier molecular flexibility index (Phi) is 4.07. The van der Waals surface area contributed by atoms with Gasteiger partial charge in [-0.1, -0.05) is 11.8 Å². The lowest BCUT2D eigenvalue weighted by Gasteiger charge is -2.28. The molecule has 0 saturated carbocycles. The quantitative estimate of drug-likeness (QED) is 0.807. The zero-order valence-electron chi connectivity index (χ0n) is 11.3. The summed E-state index contributed by atoms with van der Waals surface area (Å²) in [6.45, 7) is 9.12. The number of nitrogens with zero attached hydrogens (tertiary/aromatic N) is 3. The molecule has 2 N–H and O–H groups in total. The van der Waals surface area contributed by atoms with Crippen LogP contribution in [0.4, 0.5) is 0 Å². The summed E-state index contributed by atoms with van der Waals surface area (Å²) in [5.74, 6) is -0.559. The lowest BCUT2D eigenvalue weighted by molar-refractivity contribution is -0.133. The van der Waals surface area contributed by atoms with Crippen molar-refractivity contribution in [3.63, 3.8) is 0 Å². The van der Waals surface area contributed by atoms with E-state index in [2.05, 4.69) is 10.2 Å². The highest BCUT2D eigenvalue weighted by Crippen LogP contribution is 2.30. The first-order chi connectivity index (χ1) is 8.03. The van der Waals surface area contributed by atoms with E-state index in [0.717, 1.165) is 11.8 Å². The van der Waals surface area contributed by atoms with Crippen LogP contribution in [-0.4, -0.2) is 36.7 Å². The maximum atomic E-state index is 10.6. The van der Waals surface area contributed by atoms with Crippen LogP contribution >= 0.6 is 11.8 Å². The molecule has 1 aromatic rings. The van der Waals surface area contributed by atoms with Gasteiger partial charge in [-0.3, -0.25) is 9.36 Å². The van der Waals surface area contributed by atoms with Gasteiger partial charge in [0.05, 0.1) is 5.75 Å². The second-order valence-electron chi connectivity index (χ2n) is 5.55. The molecule has 0 atom stereocenters. The van der Waals surface area contributed by atoms with Gasteiger partial charge in [0.1, 0.15) is 5.60 Å². The first-order valence-corrected chi connectivity index (χ1v) is 6.55. The molecule has 6 nitrogen and oxygen atoms in total. The number of rotatable bonds is 4. The van der Waals surface area contributed by atoms with E-state index in [1.54, 1.807) is 18.4 Å². The predicted octanol–water partition coefficient (Wildman–Crippen LogP) is 1.44. The fourth-order valence-corrected chi connectivity index (χ4v) is 2.33. The SMILES string of the molecule is CC(C)(O)c1nnc(SCC(=O)O)n1C(C)(C)C. The number of thioether (sulfide) groups is 1. The van der Waals surface area contributed by atoms with Gasteiger partial charge in [0.25, 0.3) is 0 Å². The lowest BCUT2D eigenvalue weighted by atomic mass is 10.0. The summed E-state index contributed by atoms with van der Waals surface area (Å²) in [5, 5.41) is 27.2. The lowest BCUT2D eigenvalue weighted by Crippen LogP contribution is -2.31. The fourth-order valence-electron chi connectivity index (χ4n) is 1.49. The Bertz CT molecular complexity index is 443. The molecule has 18 heavy (non-hydrogen) atoms. The largest absolute Gasteiger partial charge is 0.481 e. The molecule has 0 amide bonds. The van der Waals surface area contributed by atoms with Crippen molar-refractivity contribution in [2.75, 3.05) is 5.75 Å². The number of carboxylic acids is 1. The van der Waals surface area contributed by atoms with E-state index in [4.69, 9.17) is 5.11 Å². The third-order valence-electron chi connectivity index (χ3n) is 2.18. The Morgan fingerprint density at radius 1 is 1.28 bits per heavy atom. The van der Waals surface area contributed by atoms with Crippen LogP contribution in [-0.2, 0) is 15.9 Å². The molecule has 0 spiro atoms. The van der Waals surface area contributed by atoms with Crippen molar-refractivity contribution in [2.45, 2.75) is 50.9 Å². The van der Waals surface area contributed by atoms with Crippen molar-refractivity contribution in [1.82, 2.24) is 14.8 Å². The molecule has 7 heteroatoms. The van der Waals surface area contributed by atoms with Gasteiger partial charge in [0, 0.05) is 5.54 Å². The maximum Gasteiger partial charge on any atom is 0.313 e. The highest BCUT2D eigenvalue weighted by Gasteiger charge is 2.31. The van der Waals surface area contributed by atoms with Gasteiger partial charge < -0.3 is 10.2 Å². The van der Waals surface area contributed by atoms with E-state index in [1.807, 2.05) is 20.8 Å². The third kappa shape index (κ3) is 3.46. The second-order valence-corrected chi connectivity index (χ2v) is 6.50. The van der Waals surface area contributed by atoms with Gasteiger partial charge in [0.15, 0.2) is 11.0 Å². The number of hydrogen-bond donors (Lipinski definition) is 2. The van der Waals surface area contributed by atoms with Crippen molar-refractivity contribution in [3.05, 3.63) is 5.82 Å². The van der Waals surface area contributed by atoms with Crippen LogP contribution in [0.15, 0.2) is 5.16 Å². The summed E-state index contributed by atoms with van der Waals surface area (Å²) in [4.78, 5) is 10.6. The minimum Gasteiger partial charge on any atom is -0.481 e. The molecular formula is C11H19N3O3S. The zero-order valence-corrected chi connectivity index (χ0v) is 12.1. The molecule has 0 unspecified atom stereocenters. The molecule has 102 valence electrons. The summed E-state index contributed by atoms with van der Waals surface area (Å²) in [5.41, 5.74) is -1.46. The van der Waals surface area contributed by atoms with Crippen molar-refractivity contribution >= 4 is 17.7 Å². The molecule has 0 saturated heterocycles. The molecule has 0 bridgehead atoms. The van der Waals surface area contributed by atoms with Crippen LogP contribution in [0.25, 0.3) is 0 Å². The number of carboxylic acid groups (broad SMARTS) is 1. The summed E-state index contributed by atoms with van der Waals surface area (Å²) < 4.78 is 1.78. The van der Waals surface area contributed by atoms with Crippen LogP contribution in [0.5, 0.6) is 0 Å². The number of aliphatic hydroxyl groups is 1. The Morgan fingerprint density at radius 2 is 1.83 bits per heavy atom. The van der Waals surface area contributed by atoms with Crippen molar-refractivity contribution in [3.8, 4) is 0 Å². The monoisotopic (exact) mass is 273 g/mol. The molecule has 1 rings (SSSR count). The highest BCUT2D eigenvalue weighted by atomic mass is 32.2. The molecule has 0 aliphatic rings. The maximum absolute atomic E-state index is 10.6. The summed E-state index contributed by atoms with van der Waals surface area (Å²) in [7, 11) is 0. The smallest absolute Gasteiger partial charge is 0.313 e. The fraction of sp³-hybridized carbons (Fsp3) is 0.727. The average Bonchev–Trinajstić information content (AvgIpc) is 2.56. The van der Waals surface area contributed by atoms with E-state index in [0.29, 0.717) is 11.0 Å². The van der Waals surface area contributed by atoms with Gasteiger partial charge in [-0.25, -0.2) is 0 Å². The zero-order chi connectivity index (χ0) is 14.1. The van der Waals surface area contributed by atoms with E-state index < -0.39 is 11.6 Å². The first kappa shape index (κ1) is 15.0. The normalized spacial score (nSPS) is 12.8. The van der Waals surface area contributed by atoms with E-state index in [1.165, 1.54) is 0 Å². The molecule has 0 aliphatic carbocycles. The standard InChI is InChI=1S/C11H19N3O3S/c1-10(2,3)14-8(11(4,5)17)12-13-9(14)18-6-7(15)16/h17H,6H2,1-5H3,(H,15,16). The Balaban J connectivity index is 3.21. The number of carbonyl (C=O) groups is 1. The van der Waals surface area contributed by atoms with Crippen LogP contribution in [0.3, 0.4) is 0 Å². The number of aliphatic carboxylic acids is 1. The second kappa shape index (κ2) is 4.89. The van der Waals surface area contributed by atoms with Gasteiger partial charge in [-0.2, -0.15) is 0 Å². The molecule has 1 heterocycles. The Morgan fingerprint density at radius 3 is 2.22 bits per heavy atom. The summed E-state index contributed by atoms with van der Waals surface area (Å²) >= 11 is 1.10. The molecule has 1 aromatic heterocycles. The average molecular weight is 273 g/mol. The van der Waals surface area contributed by atoms with Crippen LogP contribution < -0.4 is 0 Å². The first-order valence-electron chi connectivity index (χ1n) is 5.57. The van der Waals surface area contributed by atoms with Crippen LogP contribution in [0.2, 0.25) is 0 Å². The van der Waals surface area contributed by atoms with Crippen LogP contribution in [0, 0.1) is 0 Å². The summed E-state index contributed by atoms with van der Waals surface area (Å²) in [6.07, 6.45) is 0. The molecular weight excluding hydrogens is 254 g/mol. The van der Waals surface area contributed by atoms with E-state index in [-0.39, 0.29) is 11.3 Å². The molecule has 0 radical (unpaired) electrons. The highest BCUT2D eigenvalue weighted by molar-refractivity contribution is 7.99. The minimum atomic E-state index is -1.12. The van der Waals surface area contributed by atoms with Gasteiger partial charge in [-0.05, 0) is 34.6 Å². The van der Waals surface area contributed by atoms with E-state index >= 15 is 0 Å². The van der Waals surface area contributed by atoms with Crippen molar-refractivity contribution < 1.29 is 15.0 Å². The van der Waals surface area contributed by atoms with Gasteiger partial charge >= 0.3 is 5.97 Å². The van der Waals surface area contributed by atoms with Crippen molar-refractivity contribution in [1.29, 1.82) is 0 Å². The Hall–Kier alpha value is -1.08. The number of aromatic nitrogens is 3. The van der Waals surface area contributed by atoms with Crippen LogP contribution in [0.1, 0.15) is 40.4 Å². The minimum absolute atomic E-state index is 0.0833.